The van der Waals surface area contributed by atoms with Crippen molar-refractivity contribution in [2.24, 2.45) is 0 Å². The zero-order valence-corrected chi connectivity index (χ0v) is 21.4. The zero-order valence-electron chi connectivity index (χ0n) is 21.4. The van der Waals surface area contributed by atoms with Gasteiger partial charge in [-0.2, -0.15) is 0 Å². The van der Waals surface area contributed by atoms with Crippen molar-refractivity contribution in [3.63, 3.8) is 0 Å². The van der Waals surface area contributed by atoms with Gasteiger partial charge in [-0.25, -0.2) is 0 Å². The molecule has 0 radical (unpaired) electrons. The summed E-state index contributed by atoms with van der Waals surface area (Å²) >= 11 is 0. The highest BCUT2D eigenvalue weighted by Gasteiger charge is 2.25. The van der Waals surface area contributed by atoms with Crippen molar-refractivity contribution in [1.29, 1.82) is 0 Å². The molecule has 0 aliphatic carbocycles. The van der Waals surface area contributed by atoms with Crippen molar-refractivity contribution < 1.29 is 5.11 Å². The molecule has 5 aromatic rings. The number of phenolic OH excluding ortho intramolecular Hbond substituents is 1. The molecule has 0 aromatic heterocycles. The largest absolute Gasteiger partial charge is 0.508 e. The summed E-state index contributed by atoms with van der Waals surface area (Å²) in [4.78, 5) is 2.37. The molecule has 37 heavy (non-hydrogen) atoms. The van der Waals surface area contributed by atoms with Crippen molar-refractivity contribution >= 4 is 28.4 Å². The summed E-state index contributed by atoms with van der Waals surface area (Å²) in [6.07, 6.45) is 0. The van der Waals surface area contributed by atoms with Crippen molar-refractivity contribution in [1.82, 2.24) is 0 Å². The molecule has 0 bridgehead atoms. The molecular formula is C34H30N2O. The molecule has 3 heteroatoms. The standard InChI is InChI=1S/C34H30N2O/c1-34(2,3)23-11-10-12-24(21-23)36-32-17-8-5-14-28(32)26-13-4-7-16-30(26)35-31-22-25(37)19-20-27(31)29-15-6-9-18-33(29)36/h4-22,35,37H,1-3H3. The fraction of sp³-hybridized carbons (Fsp3) is 0.118. The van der Waals surface area contributed by atoms with Gasteiger partial charge in [0.15, 0.2) is 0 Å². The van der Waals surface area contributed by atoms with Crippen LogP contribution in [0.5, 0.6) is 5.75 Å². The highest BCUT2D eigenvalue weighted by Crippen LogP contribution is 2.49. The van der Waals surface area contributed by atoms with Crippen LogP contribution in [0.15, 0.2) is 115 Å². The van der Waals surface area contributed by atoms with Gasteiger partial charge >= 0.3 is 0 Å². The number of benzene rings is 5. The predicted octanol–water partition coefficient (Wildman–Crippen LogP) is 9.55. The smallest absolute Gasteiger partial charge is 0.117 e. The minimum atomic E-state index is 0.0206. The SMILES string of the molecule is CC(C)(C)c1cccc(N2c3ccccc3-c3ccccc3Nc3cc(O)ccc3-c3ccccc32)c1. The third-order valence-electron chi connectivity index (χ3n) is 7.04. The van der Waals surface area contributed by atoms with E-state index in [1.54, 1.807) is 12.1 Å². The maximum absolute atomic E-state index is 10.4. The monoisotopic (exact) mass is 482 g/mol. The van der Waals surface area contributed by atoms with Gasteiger partial charge in [0.1, 0.15) is 5.75 Å². The van der Waals surface area contributed by atoms with Gasteiger partial charge in [0, 0.05) is 39.7 Å². The summed E-state index contributed by atoms with van der Waals surface area (Å²) in [5.74, 6) is 0.230. The average molecular weight is 483 g/mol. The van der Waals surface area contributed by atoms with E-state index in [0.717, 1.165) is 50.7 Å². The van der Waals surface area contributed by atoms with Gasteiger partial charge in [0.05, 0.1) is 17.1 Å². The Hall–Kier alpha value is -4.50. The topological polar surface area (TPSA) is 35.5 Å². The van der Waals surface area contributed by atoms with Crippen molar-refractivity contribution in [2.75, 3.05) is 10.2 Å². The van der Waals surface area contributed by atoms with Crippen molar-refractivity contribution in [2.45, 2.75) is 26.2 Å². The number of fused-ring (bicyclic) bond motifs is 6. The molecule has 1 aliphatic heterocycles. The van der Waals surface area contributed by atoms with Crippen molar-refractivity contribution in [3.8, 4) is 28.0 Å². The van der Waals surface area contributed by atoms with Crippen LogP contribution in [-0.2, 0) is 5.41 Å². The van der Waals surface area contributed by atoms with Crippen LogP contribution in [0.2, 0.25) is 0 Å². The zero-order chi connectivity index (χ0) is 25.6. The van der Waals surface area contributed by atoms with E-state index in [0.29, 0.717) is 0 Å². The highest BCUT2D eigenvalue weighted by atomic mass is 16.3. The van der Waals surface area contributed by atoms with Crippen LogP contribution in [-0.4, -0.2) is 5.11 Å². The quantitative estimate of drug-likeness (QED) is 0.245. The Morgan fingerprint density at radius 2 is 1.16 bits per heavy atom. The summed E-state index contributed by atoms with van der Waals surface area (Å²) in [6, 6.07) is 39.9. The van der Waals surface area contributed by atoms with Gasteiger partial charge < -0.3 is 15.3 Å². The lowest BCUT2D eigenvalue weighted by Gasteiger charge is -2.32. The second-order valence-corrected chi connectivity index (χ2v) is 10.6. The van der Waals surface area contributed by atoms with E-state index < -0.39 is 0 Å². The number of rotatable bonds is 1. The molecular weight excluding hydrogens is 452 g/mol. The third kappa shape index (κ3) is 4.13. The van der Waals surface area contributed by atoms with Crippen LogP contribution in [0.3, 0.4) is 0 Å². The Labute approximate surface area is 218 Å². The number of para-hydroxylation sites is 3. The third-order valence-corrected chi connectivity index (χ3v) is 7.04. The number of hydrogen-bond acceptors (Lipinski definition) is 3. The maximum atomic E-state index is 10.4. The van der Waals surface area contributed by atoms with Gasteiger partial charge in [-0.3, -0.25) is 0 Å². The van der Waals surface area contributed by atoms with Crippen LogP contribution in [0.4, 0.5) is 28.4 Å². The molecule has 182 valence electrons. The van der Waals surface area contributed by atoms with E-state index in [2.05, 4.69) is 122 Å². The predicted molar refractivity (Wildman–Crippen MR) is 156 cm³/mol. The summed E-state index contributed by atoms with van der Waals surface area (Å²) in [7, 11) is 0. The van der Waals surface area contributed by atoms with Crippen LogP contribution >= 0.6 is 0 Å². The Bertz CT molecular complexity index is 1610. The lowest BCUT2D eigenvalue weighted by atomic mass is 9.86. The first-order valence-electron chi connectivity index (χ1n) is 12.7. The van der Waals surface area contributed by atoms with E-state index in [1.165, 1.54) is 5.56 Å². The minimum Gasteiger partial charge on any atom is -0.508 e. The lowest BCUT2D eigenvalue weighted by molar-refractivity contribution is 0.475. The molecule has 0 spiro atoms. The number of nitrogens with zero attached hydrogens (tertiary/aromatic N) is 1. The average Bonchev–Trinajstić information content (AvgIpc) is 2.90. The van der Waals surface area contributed by atoms with Crippen LogP contribution in [0, 0.1) is 0 Å². The molecule has 1 heterocycles. The Morgan fingerprint density at radius 1 is 0.568 bits per heavy atom. The van der Waals surface area contributed by atoms with Gasteiger partial charge in [0.25, 0.3) is 0 Å². The minimum absolute atomic E-state index is 0.0206. The second-order valence-electron chi connectivity index (χ2n) is 10.6. The molecule has 0 unspecified atom stereocenters. The van der Waals surface area contributed by atoms with E-state index in [9.17, 15) is 5.11 Å². The second kappa shape index (κ2) is 8.86. The number of anilines is 5. The maximum Gasteiger partial charge on any atom is 0.117 e. The van der Waals surface area contributed by atoms with Crippen LogP contribution in [0.25, 0.3) is 22.3 Å². The van der Waals surface area contributed by atoms with Gasteiger partial charge in [-0.1, -0.05) is 87.5 Å². The fourth-order valence-electron chi connectivity index (χ4n) is 5.15. The van der Waals surface area contributed by atoms with E-state index in [-0.39, 0.29) is 11.2 Å². The number of phenols is 1. The Kier molecular flexibility index (Phi) is 5.49. The highest BCUT2D eigenvalue weighted by molar-refractivity contribution is 6.00. The van der Waals surface area contributed by atoms with Crippen molar-refractivity contribution in [3.05, 3.63) is 121 Å². The van der Waals surface area contributed by atoms with Crippen LogP contribution < -0.4 is 10.2 Å². The first kappa shape index (κ1) is 22.9. The molecule has 3 nitrogen and oxygen atoms in total. The number of nitrogens with one attached hydrogen (secondary N) is 1. The Morgan fingerprint density at radius 3 is 1.84 bits per heavy atom. The van der Waals surface area contributed by atoms with Gasteiger partial charge in [-0.15, -0.1) is 0 Å². The molecule has 0 fully saturated rings. The number of hydrogen-bond donors (Lipinski definition) is 2. The first-order valence-corrected chi connectivity index (χ1v) is 12.7. The summed E-state index contributed by atoms with van der Waals surface area (Å²) in [5.41, 5.74) is 10.8. The molecule has 0 amide bonds. The van der Waals surface area contributed by atoms with E-state index in [1.807, 2.05) is 12.1 Å². The fourth-order valence-corrected chi connectivity index (χ4v) is 5.15. The molecule has 0 saturated heterocycles. The van der Waals surface area contributed by atoms with E-state index in [4.69, 9.17) is 0 Å². The molecule has 2 N–H and O–H groups in total. The van der Waals surface area contributed by atoms with Crippen LogP contribution in [0.1, 0.15) is 26.3 Å². The Balaban J connectivity index is 1.73. The molecule has 0 saturated carbocycles. The van der Waals surface area contributed by atoms with Gasteiger partial charge in [0.2, 0.25) is 0 Å². The first-order chi connectivity index (χ1) is 17.9. The summed E-state index contributed by atoms with van der Waals surface area (Å²) in [6.45, 7) is 6.75. The molecule has 6 rings (SSSR count). The van der Waals surface area contributed by atoms with Gasteiger partial charge in [-0.05, 0) is 53.4 Å². The summed E-state index contributed by atoms with van der Waals surface area (Å²) < 4.78 is 0. The normalized spacial score (nSPS) is 12.5. The molecule has 0 atom stereocenters. The molecule has 5 aromatic carbocycles. The number of aromatic hydroxyl groups is 1. The lowest BCUT2D eigenvalue weighted by Crippen LogP contribution is -2.16. The summed E-state index contributed by atoms with van der Waals surface area (Å²) in [5, 5.41) is 14.1. The molecule has 1 aliphatic rings. The van der Waals surface area contributed by atoms with E-state index >= 15 is 0 Å².